The predicted molar refractivity (Wildman–Crippen MR) is 103 cm³/mol. The molecule has 0 aliphatic heterocycles. The van der Waals surface area contributed by atoms with Crippen LogP contribution in [0.2, 0.25) is 0 Å². The maximum Gasteiger partial charge on any atom is 0.293 e. The smallest absolute Gasteiger partial charge is 0.293 e. The van der Waals surface area contributed by atoms with Crippen molar-refractivity contribution in [2.75, 3.05) is 5.32 Å². The summed E-state index contributed by atoms with van der Waals surface area (Å²) < 4.78 is 1.77. The number of ketones is 1. The Labute approximate surface area is 156 Å². The largest absolute Gasteiger partial charge is 0.347 e. The summed E-state index contributed by atoms with van der Waals surface area (Å²) in [6, 6.07) is 13.1. The van der Waals surface area contributed by atoms with E-state index in [2.05, 4.69) is 10.4 Å². The van der Waals surface area contributed by atoms with Crippen molar-refractivity contribution < 1.29 is 9.72 Å². The van der Waals surface area contributed by atoms with Gasteiger partial charge in [-0.3, -0.25) is 19.6 Å². The zero-order valence-corrected chi connectivity index (χ0v) is 15.3. The standard InChI is InChI=1S/C20H20N4O3/c1-20(2,3)23-13-16(12-21-23)22-17-10-9-15(11-18(17)24(26)27)19(25)14-7-5-4-6-8-14/h4-13,22H,1-3H3. The maximum absolute atomic E-state index is 12.5. The fraction of sp³-hybridized carbons (Fsp3) is 0.200. The number of aromatic nitrogens is 2. The van der Waals surface area contributed by atoms with Gasteiger partial charge in [0.1, 0.15) is 5.69 Å². The van der Waals surface area contributed by atoms with Gasteiger partial charge in [0.15, 0.2) is 5.78 Å². The quantitative estimate of drug-likeness (QED) is 0.408. The second-order valence-electron chi connectivity index (χ2n) is 7.15. The summed E-state index contributed by atoms with van der Waals surface area (Å²) >= 11 is 0. The Balaban J connectivity index is 1.92. The summed E-state index contributed by atoms with van der Waals surface area (Å²) in [4.78, 5) is 23.6. The van der Waals surface area contributed by atoms with Gasteiger partial charge in [0.25, 0.3) is 5.69 Å². The highest BCUT2D eigenvalue weighted by Crippen LogP contribution is 2.30. The van der Waals surface area contributed by atoms with Gasteiger partial charge in [-0.1, -0.05) is 30.3 Å². The number of hydrogen-bond donors (Lipinski definition) is 1. The lowest BCUT2D eigenvalue weighted by Crippen LogP contribution is -2.21. The van der Waals surface area contributed by atoms with Crippen molar-refractivity contribution in [3.8, 4) is 0 Å². The normalized spacial score (nSPS) is 11.2. The molecule has 3 aromatic rings. The highest BCUT2D eigenvalue weighted by molar-refractivity contribution is 6.09. The molecule has 0 radical (unpaired) electrons. The molecule has 0 aliphatic rings. The molecule has 3 rings (SSSR count). The molecule has 0 atom stereocenters. The van der Waals surface area contributed by atoms with Crippen LogP contribution in [0.3, 0.4) is 0 Å². The van der Waals surface area contributed by atoms with E-state index in [1.54, 1.807) is 53.5 Å². The van der Waals surface area contributed by atoms with Gasteiger partial charge in [-0.15, -0.1) is 0 Å². The van der Waals surface area contributed by atoms with E-state index in [0.717, 1.165) is 0 Å². The summed E-state index contributed by atoms with van der Waals surface area (Å²) in [7, 11) is 0. The molecule has 0 unspecified atom stereocenters. The van der Waals surface area contributed by atoms with E-state index >= 15 is 0 Å². The molecule has 0 aliphatic carbocycles. The molecule has 0 saturated heterocycles. The van der Waals surface area contributed by atoms with Gasteiger partial charge in [0.2, 0.25) is 0 Å². The Hall–Kier alpha value is -3.48. The molecule has 1 heterocycles. The summed E-state index contributed by atoms with van der Waals surface area (Å²) in [5.41, 5.74) is 1.33. The van der Waals surface area contributed by atoms with Crippen LogP contribution >= 0.6 is 0 Å². The lowest BCUT2D eigenvalue weighted by molar-refractivity contribution is -0.383. The van der Waals surface area contributed by atoms with Crippen LogP contribution in [0.5, 0.6) is 0 Å². The van der Waals surface area contributed by atoms with Gasteiger partial charge >= 0.3 is 0 Å². The number of nitrogens with one attached hydrogen (secondary N) is 1. The fourth-order valence-electron chi connectivity index (χ4n) is 2.60. The van der Waals surface area contributed by atoms with Gasteiger partial charge < -0.3 is 5.32 Å². The Morgan fingerprint density at radius 1 is 1.11 bits per heavy atom. The molecule has 0 amide bonds. The average molecular weight is 364 g/mol. The maximum atomic E-state index is 12.5. The van der Waals surface area contributed by atoms with Gasteiger partial charge in [-0.05, 0) is 32.9 Å². The first-order valence-electron chi connectivity index (χ1n) is 8.46. The van der Waals surface area contributed by atoms with Gasteiger partial charge in [-0.2, -0.15) is 5.10 Å². The number of nitro groups is 1. The van der Waals surface area contributed by atoms with Gasteiger partial charge in [0, 0.05) is 23.4 Å². The van der Waals surface area contributed by atoms with E-state index in [9.17, 15) is 14.9 Å². The number of rotatable bonds is 5. The van der Waals surface area contributed by atoms with Crippen LogP contribution < -0.4 is 5.32 Å². The lowest BCUT2D eigenvalue weighted by atomic mass is 10.0. The Bertz CT molecular complexity index is 988. The van der Waals surface area contributed by atoms with Crippen LogP contribution in [0.1, 0.15) is 36.7 Å². The lowest BCUT2D eigenvalue weighted by Gasteiger charge is -2.18. The molecule has 2 aromatic carbocycles. The number of carbonyl (C=O) groups excluding carboxylic acids is 1. The summed E-state index contributed by atoms with van der Waals surface area (Å²) in [6.45, 7) is 6.03. The van der Waals surface area contributed by atoms with E-state index in [1.807, 2.05) is 26.8 Å². The van der Waals surface area contributed by atoms with E-state index in [1.165, 1.54) is 6.07 Å². The number of carbonyl (C=O) groups is 1. The number of hydrogen-bond acceptors (Lipinski definition) is 5. The number of nitrogens with zero attached hydrogens (tertiary/aromatic N) is 3. The molecule has 7 heteroatoms. The molecule has 7 nitrogen and oxygen atoms in total. The van der Waals surface area contributed by atoms with Crippen molar-refractivity contribution in [2.45, 2.75) is 26.3 Å². The minimum Gasteiger partial charge on any atom is -0.347 e. The van der Waals surface area contributed by atoms with Gasteiger partial charge in [-0.25, -0.2) is 0 Å². The van der Waals surface area contributed by atoms with Crippen LogP contribution in [0.4, 0.5) is 17.1 Å². The van der Waals surface area contributed by atoms with E-state index in [4.69, 9.17) is 0 Å². The van der Waals surface area contributed by atoms with Crippen LogP contribution in [0, 0.1) is 10.1 Å². The summed E-state index contributed by atoms with van der Waals surface area (Å²) in [5, 5.41) is 18.8. The molecule has 1 N–H and O–H groups in total. The van der Waals surface area contributed by atoms with Crippen LogP contribution in [0.15, 0.2) is 60.9 Å². The first-order valence-corrected chi connectivity index (χ1v) is 8.46. The Kier molecular flexibility index (Phi) is 4.77. The van der Waals surface area contributed by atoms with E-state index in [0.29, 0.717) is 16.9 Å². The minimum atomic E-state index is -0.502. The highest BCUT2D eigenvalue weighted by atomic mass is 16.6. The van der Waals surface area contributed by atoms with Crippen molar-refractivity contribution in [3.63, 3.8) is 0 Å². The third-order valence-electron chi connectivity index (χ3n) is 4.04. The monoisotopic (exact) mass is 364 g/mol. The number of anilines is 2. The molecule has 0 bridgehead atoms. The first-order chi connectivity index (χ1) is 12.8. The summed E-state index contributed by atoms with van der Waals surface area (Å²) in [6.07, 6.45) is 3.39. The highest BCUT2D eigenvalue weighted by Gasteiger charge is 2.20. The topological polar surface area (TPSA) is 90.1 Å². The molecule has 27 heavy (non-hydrogen) atoms. The van der Waals surface area contributed by atoms with E-state index < -0.39 is 4.92 Å². The first kappa shape index (κ1) is 18.3. The van der Waals surface area contributed by atoms with Gasteiger partial charge in [0.05, 0.1) is 22.3 Å². The molecular formula is C20H20N4O3. The SMILES string of the molecule is CC(C)(C)n1cc(Nc2ccc(C(=O)c3ccccc3)cc2[N+](=O)[O-])cn1. The van der Waals surface area contributed by atoms with Crippen molar-refractivity contribution >= 4 is 22.8 Å². The Morgan fingerprint density at radius 2 is 1.81 bits per heavy atom. The molecule has 138 valence electrons. The number of benzene rings is 2. The second-order valence-corrected chi connectivity index (χ2v) is 7.15. The number of nitro benzene ring substituents is 1. The molecular weight excluding hydrogens is 344 g/mol. The summed E-state index contributed by atoms with van der Waals surface area (Å²) in [5.74, 6) is -0.259. The third-order valence-corrected chi connectivity index (χ3v) is 4.04. The fourth-order valence-corrected chi connectivity index (χ4v) is 2.60. The molecule has 0 saturated carbocycles. The van der Waals surface area contributed by atoms with Crippen molar-refractivity contribution in [1.29, 1.82) is 0 Å². The second kappa shape index (κ2) is 7.03. The predicted octanol–water partition coefficient (Wildman–Crippen LogP) is 4.52. The zero-order chi connectivity index (χ0) is 19.6. The van der Waals surface area contributed by atoms with Crippen molar-refractivity contribution in [3.05, 3.63) is 82.2 Å². The molecule has 1 aromatic heterocycles. The Morgan fingerprint density at radius 3 is 2.41 bits per heavy atom. The van der Waals surface area contributed by atoms with Crippen LogP contribution in [-0.4, -0.2) is 20.5 Å². The zero-order valence-electron chi connectivity index (χ0n) is 15.3. The minimum absolute atomic E-state index is 0.166. The van der Waals surface area contributed by atoms with Crippen LogP contribution in [-0.2, 0) is 5.54 Å². The van der Waals surface area contributed by atoms with Crippen LogP contribution in [0.25, 0.3) is 0 Å². The van der Waals surface area contributed by atoms with E-state index in [-0.39, 0.29) is 22.6 Å². The third kappa shape index (κ3) is 4.03. The van der Waals surface area contributed by atoms with Crippen molar-refractivity contribution in [2.24, 2.45) is 0 Å². The molecule has 0 spiro atoms. The average Bonchev–Trinajstić information content (AvgIpc) is 3.11. The van der Waals surface area contributed by atoms with Crippen molar-refractivity contribution in [1.82, 2.24) is 9.78 Å². The molecule has 0 fully saturated rings.